The summed E-state index contributed by atoms with van der Waals surface area (Å²) in [6, 6.07) is 0. The SMILES string of the molecule is COC(C)=O.[Zn]. The third kappa shape index (κ3) is 8.94. The number of hydrogen-bond donors (Lipinski definition) is 0. The normalized spacial score (nSPS) is 5.67. The molecule has 0 heterocycles. The molecule has 0 aromatic rings. The van der Waals surface area contributed by atoms with Gasteiger partial charge in [0.25, 0.3) is 0 Å². The van der Waals surface area contributed by atoms with Gasteiger partial charge in [0.2, 0.25) is 0 Å². The largest absolute Gasteiger partial charge is 0.469 e. The first-order valence-electron chi connectivity index (χ1n) is 1.32. The van der Waals surface area contributed by atoms with Crippen molar-refractivity contribution in [1.82, 2.24) is 0 Å². The van der Waals surface area contributed by atoms with Crippen molar-refractivity contribution < 1.29 is 29.0 Å². The van der Waals surface area contributed by atoms with Gasteiger partial charge in [-0.3, -0.25) is 4.79 Å². The van der Waals surface area contributed by atoms with Gasteiger partial charge in [0.05, 0.1) is 7.11 Å². The minimum Gasteiger partial charge on any atom is -0.469 e. The van der Waals surface area contributed by atoms with Gasteiger partial charge in [-0.1, -0.05) is 0 Å². The van der Waals surface area contributed by atoms with Gasteiger partial charge >= 0.3 is 5.97 Å². The predicted molar refractivity (Wildman–Crippen MR) is 17.7 cm³/mol. The molecule has 3 heteroatoms. The van der Waals surface area contributed by atoms with E-state index < -0.39 is 0 Å². The first-order chi connectivity index (χ1) is 2.27. The molecule has 0 radical (unpaired) electrons. The molecular weight excluding hydrogens is 133 g/mol. The van der Waals surface area contributed by atoms with Crippen molar-refractivity contribution in [2.24, 2.45) is 0 Å². The number of rotatable bonds is 0. The van der Waals surface area contributed by atoms with Crippen LogP contribution in [0.4, 0.5) is 0 Å². The fraction of sp³-hybridized carbons (Fsp3) is 0.667. The summed E-state index contributed by atoms with van der Waals surface area (Å²) in [5, 5.41) is 0. The van der Waals surface area contributed by atoms with Crippen LogP contribution in [0.1, 0.15) is 6.92 Å². The van der Waals surface area contributed by atoms with E-state index in [9.17, 15) is 4.79 Å². The van der Waals surface area contributed by atoms with E-state index in [2.05, 4.69) is 4.74 Å². The molecule has 0 aromatic heterocycles. The average molecular weight is 139 g/mol. The van der Waals surface area contributed by atoms with Crippen molar-refractivity contribution in [3.8, 4) is 0 Å². The Morgan fingerprint density at radius 2 is 1.83 bits per heavy atom. The summed E-state index contributed by atoms with van der Waals surface area (Å²) in [6.45, 7) is 1.36. The van der Waals surface area contributed by atoms with E-state index in [4.69, 9.17) is 0 Å². The molecule has 0 N–H and O–H groups in total. The Kier molecular flexibility index (Phi) is 8.01. The maximum atomic E-state index is 9.59. The van der Waals surface area contributed by atoms with Crippen LogP contribution in [0.2, 0.25) is 0 Å². The Morgan fingerprint density at radius 3 is 1.83 bits per heavy atom. The number of ether oxygens (including phenoxy) is 1. The number of hydrogen-bond acceptors (Lipinski definition) is 2. The van der Waals surface area contributed by atoms with Crippen molar-refractivity contribution >= 4 is 5.97 Å². The second-order valence-corrected chi connectivity index (χ2v) is 0.696. The monoisotopic (exact) mass is 138 g/mol. The van der Waals surface area contributed by atoms with Crippen molar-refractivity contribution in [2.75, 3.05) is 7.11 Å². The van der Waals surface area contributed by atoms with Crippen LogP contribution in [-0.4, -0.2) is 13.1 Å². The van der Waals surface area contributed by atoms with E-state index in [0.717, 1.165) is 0 Å². The quantitative estimate of drug-likeness (QED) is 0.353. The summed E-state index contributed by atoms with van der Waals surface area (Å²) < 4.78 is 4.11. The van der Waals surface area contributed by atoms with Crippen molar-refractivity contribution in [1.29, 1.82) is 0 Å². The maximum Gasteiger partial charge on any atom is 0.302 e. The van der Waals surface area contributed by atoms with Crippen LogP contribution in [0.25, 0.3) is 0 Å². The fourth-order valence-electron chi connectivity index (χ4n) is 0. The van der Waals surface area contributed by atoms with Gasteiger partial charge in [0, 0.05) is 26.4 Å². The van der Waals surface area contributed by atoms with Crippen LogP contribution in [0.15, 0.2) is 0 Å². The fourth-order valence-corrected chi connectivity index (χ4v) is 0. The molecule has 0 saturated carbocycles. The van der Waals surface area contributed by atoms with E-state index >= 15 is 0 Å². The molecule has 0 aromatic carbocycles. The number of carbonyl (C=O) groups is 1. The molecule has 0 aliphatic rings. The van der Waals surface area contributed by atoms with Crippen LogP contribution < -0.4 is 0 Å². The van der Waals surface area contributed by atoms with Gasteiger partial charge < -0.3 is 4.74 Å². The zero-order chi connectivity index (χ0) is 4.28. The molecule has 0 amide bonds. The summed E-state index contributed by atoms with van der Waals surface area (Å²) in [5.74, 6) is -0.245. The molecule has 0 saturated heterocycles. The Morgan fingerprint density at radius 1 is 1.67 bits per heavy atom. The standard InChI is InChI=1S/C3H6O2.Zn/c1-3(4)5-2;/h1-2H3;. The maximum absolute atomic E-state index is 9.59. The van der Waals surface area contributed by atoms with Crippen LogP contribution in [0, 0.1) is 0 Å². The average Bonchev–Trinajstić information content (AvgIpc) is 1.38. The molecule has 0 atom stereocenters. The second-order valence-electron chi connectivity index (χ2n) is 0.696. The van der Waals surface area contributed by atoms with Crippen LogP contribution in [0.5, 0.6) is 0 Å². The summed E-state index contributed by atoms with van der Waals surface area (Å²) in [4.78, 5) is 9.59. The van der Waals surface area contributed by atoms with Crippen molar-refractivity contribution in [3.63, 3.8) is 0 Å². The second kappa shape index (κ2) is 5.09. The first kappa shape index (κ1) is 9.43. The van der Waals surface area contributed by atoms with Gasteiger partial charge in [0.1, 0.15) is 0 Å². The Balaban J connectivity index is 0. The Hall–Kier alpha value is 0.0934. The van der Waals surface area contributed by atoms with Crippen LogP contribution >= 0.6 is 0 Å². The van der Waals surface area contributed by atoms with E-state index in [0.29, 0.717) is 0 Å². The third-order valence-corrected chi connectivity index (χ3v) is 0.287. The number of carbonyl (C=O) groups excluding carboxylic acids is 1. The topological polar surface area (TPSA) is 26.3 Å². The third-order valence-electron chi connectivity index (χ3n) is 0.287. The van der Waals surface area contributed by atoms with Gasteiger partial charge in [-0.2, -0.15) is 0 Å². The van der Waals surface area contributed by atoms with Gasteiger partial charge in [-0.15, -0.1) is 0 Å². The van der Waals surface area contributed by atoms with Crippen molar-refractivity contribution in [3.05, 3.63) is 0 Å². The van der Waals surface area contributed by atoms with Crippen LogP contribution in [-0.2, 0) is 29.0 Å². The molecule has 2 nitrogen and oxygen atoms in total. The summed E-state index contributed by atoms with van der Waals surface area (Å²) in [7, 11) is 1.35. The van der Waals surface area contributed by atoms with Gasteiger partial charge in [-0.05, 0) is 0 Å². The zero-order valence-corrected chi connectivity index (χ0v) is 6.99. The summed E-state index contributed by atoms with van der Waals surface area (Å²) in [6.07, 6.45) is 0. The minimum absolute atomic E-state index is 0. The molecule has 0 rings (SSSR count). The molecule has 6 heavy (non-hydrogen) atoms. The molecule has 0 bridgehead atoms. The minimum atomic E-state index is -0.245. The number of esters is 1. The van der Waals surface area contributed by atoms with E-state index in [1.54, 1.807) is 0 Å². The summed E-state index contributed by atoms with van der Waals surface area (Å²) >= 11 is 0. The first-order valence-corrected chi connectivity index (χ1v) is 1.32. The molecule has 0 unspecified atom stereocenters. The van der Waals surface area contributed by atoms with E-state index in [1.807, 2.05) is 0 Å². The van der Waals surface area contributed by atoms with Gasteiger partial charge in [-0.25, -0.2) is 0 Å². The zero-order valence-electron chi connectivity index (χ0n) is 4.02. The molecular formula is C3H6O2Zn. The van der Waals surface area contributed by atoms with E-state index in [-0.39, 0.29) is 25.4 Å². The summed E-state index contributed by atoms with van der Waals surface area (Å²) in [5.41, 5.74) is 0. The molecule has 0 spiro atoms. The van der Waals surface area contributed by atoms with Crippen LogP contribution in [0.3, 0.4) is 0 Å². The Bertz CT molecular complexity index is 44.1. The molecule has 0 aliphatic carbocycles. The molecule has 0 fully saturated rings. The van der Waals surface area contributed by atoms with Crippen molar-refractivity contribution in [2.45, 2.75) is 6.92 Å². The Labute approximate surface area is 49.6 Å². The number of methoxy groups -OCH3 is 1. The van der Waals surface area contributed by atoms with E-state index in [1.165, 1.54) is 14.0 Å². The smallest absolute Gasteiger partial charge is 0.302 e. The predicted octanol–water partition coefficient (Wildman–Crippen LogP) is 0.177. The van der Waals surface area contributed by atoms with Gasteiger partial charge in [0.15, 0.2) is 0 Å². The molecule has 0 aliphatic heterocycles. The molecule has 32 valence electrons.